The molecule has 3 rings (SSSR count). The monoisotopic (exact) mass is 416 g/mol. The highest BCUT2D eigenvalue weighted by Gasteiger charge is 2.47. The standard InChI is InChI=1S/C18H22Cl2N2O5/c1-22(16(23)9-11-2-3-12(19)13(20)8-11)15-10-18(26-6-7-27-18)5-4-14(15)21-17(24)25/h2-3,8,14-15,21H,4-7,9-10H2,1H3,(H,24,25). The van der Waals surface area contributed by atoms with Gasteiger partial charge in [0.1, 0.15) is 0 Å². The van der Waals surface area contributed by atoms with Crippen LogP contribution in [-0.4, -0.2) is 60.1 Å². The van der Waals surface area contributed by atoms with Gasteiger partial charge in [0.25, 0.3) is 0 Å². The van der Waals surface area contributed by atoms with E-state index in [-0.39, 0.29) is 24.4 Å². The lowest BCUT2D eigenvalue weighted by Crippen LogP contribution is -2.59. The molecule has 7 nitrogen and oxygen atoms in total. The van der Waals surface area contributed by atoms with Crippen LogP contribution in [0.4, 0.5) is 4.79 Å². The fourth-order valence-electron chi connectivity index (χ4n) is 3.76. The second-order valence-corrected chi connectivity index (χ2v) is 7.72. The van der Waals surface area contributed by atoms with Crippen molar-refractivity contribution in [3.05, 3.63) is 33.8 Å². The fraction of sp³-hybridized carbons (Fsp3) is 0.556. The number of carbonyl (C=O) groups excluding carboxylic acids is 1. The minimum atomic E-state index is -1.11. The number of hydrogen-bond acceptors (Lipinski definition) is 4. The van der Waals surface area contributed by atoms with Crippen molar-refractivity contribution in [3.63, 3.8) is 0 Å². The number of likely N-dealkylation sites (N-methyl/N-ethyl adjacent to an activating group) is 1. The molecule has 1 heterocycles. The number of halogens is 2. The largest absolute Gasteiger partial charge is 0.465 e. The second kappa shape index (κ2) is 8.22. The van der Waals surface area contributed by atoms with Gasteiger partial charge in [0.2, 0.25) is 5.91 Å². The Kier molecular flexibility index (Phi) is 6.15. The van der Waals surface area contributed by atoms with Crippen LogP contribution in [0, 0.1) is 0 Å². The molecular formula is C18H22Cl2N2O5. The minimum absolute atomic E-state index is 0.137. The van der Waals surface area contributed by atoms with Gasteiger partial charge in [-0.15, -0.1) is 0 Å². The smallest absolute Gasteiger partial charge is 0.404 e. The molecule has 2 fully saturated rings. The highest BCUT2D eigenvalue weighted by molar-refractivity contribution is 6.42. The Morgan fingerprint density at radius 3 is 2.63 bits per heavy atom. The van der Waals surface area contributed by atoms with E-state index < -0.39 is 11.9 Å². The summed E-state index contributed by atoms with van der Waals surface area (Å²) in [5.41, 5.74) is 0.739. The maximum atomic E-state index is 12.8. The van der Waals surface area contributed by atoms with E-state index in [1.54, 1.807) is 30.1 Å². The summed E-state index contributed by atoms with van der Waals surface area (Å²) < 4.78 is 11.5. The van der Waals surface area contributed by atoms with Crippen molar-refractivity contribution in [3.8, 4) is 0 Å². The third kappa shape index (κ3) is 4.66. The van der Waals surface area contributed by atoms with Crippen LogP contribution in [0.5, 0.6) is 0 Å². The molecule has 1 spiro atoms. The van der Waals surface area contributed by atoms with E-state index in [1.165, 1.54) is 0 Å². The summed E-state index contributed by atoms with van der Waals surface area (Å²) >= 11 is 11.9. The molecular weight excluding hydrogens is 395 g/mol. The molecule has 1 aliphatic heterocycles. The van der Waals surface area contributed by atoms with Gasteiger partial charge in [0.15, 0.2) is 5.79 Å². The van der Waals surface area contributed by atoms with Gasteiger partial charge in [-0.05, 0) is 24.1 Å². The zero-order valence-corrected chi connectivity index (χ0v) is 16.4. The molecule has 1 aromatic rings. The van der Waals surface area contributed by atoms with Crippen LogP contribution in [0.2, 0.25) is 10.0 Å². The van der Waals surface area contributed by atoms with Crippen molar-refractivity contribution in [2.45, 2.75) is 43.6 Å². The number of ether oxygens (including phenoxy) is 2. The summed E-state index contributed by atoms with van der Waals surface area (Å²) in [5, 5.41) is 12.5. The molecule has 2 aliphatic rings. The van der Waals surface area contributed by atoms with Gasteiger partial charge in [-0.2, -0.15) is 0 Å². The molecule has 1 aromatic carbocycles. The molecule has 1 saturated carbocycles. The number of carbonyl (C=O) groups is 2. The van der Waals surface area contributed by atoms with Crippen LogP contribution in [-0.2, 0) is 20.7 Å². The Balaban J connectivity index is 1.74. The molecule has 2 N–H and O–H groups in total. The summed E-state index contributed by atoms with van der Waals surface area (Å²) in [6, 6.07) is 4.30. The normalized spacial score (nSPS) is 24.0. The maximum absolute atomic E-state index is 12.8. The third-order valence-corrected chi connectivity index (χ3v) is 5.91. The van der Waals surface area contributed by atoms with Crippen molar-refractivity contribution in [1.82, 2.24) is 10.2 Å². The van der Waals surface area contributed by atoms with Crippen molar-refractivity contribution in [1.29, 1.82) is 0 Å². The van der Waals surface area contributed by atoms with Gasteiger partial charge in [0, 0.05) is 19.9 Å². The predicted molar refractivity (Wildman–Crippen MR) is 100 cm³/mol. The minimum Gasteiger partial charge on any atom is -0.465 e. The Bertz CT molecular complexity index is 724. The summed E-state index contributed by atoms with van der Waals surface area (Å²) in [7, 11) is 1.68. The molecule has 2 unspecified atom stereocenters. The van der Waals surface area contributed by atoms with Crippen molar-refractivity contribution < 1.29 is 24.2 Å². The molecule has 148 valence electrons. The molecule has 2 atom stereocenters. The number of nitrogens with one attached hydrogen (secondary N) is 1. The topological polar surface area (TPSA) is 88.1 Å². The first-order chi connectivity index (χ1) is 12.8. The molecule has 1 saturated heterocycles. The number of benzene rings is 1. The van der Waals surface area contributed by atoms with E-state index in [0.717, 1.165) is 5.56 Å². The molecule has 0 aromatic heterocycles. The van der Waals surface area contributed by atoms with Gasteiger partial charge in [0.05, 0.1) is 41.8 Å². The SMILES string of the molecule is CN(C(=O)Cc1ccc(Cl)c(Cl)c1)C1CC2(CCC1NC(=O)O)OCCO2. The average Bonchev–Trinajstić information content (AvgIpc) is 3.07. The lowest BCUT2D eigenvalue weighted by atomic mass is 9.84. The highest BCUT2D eigenvalue weighted by Crippen LogP contribution is 2.38. The van der Waals surface area contributed by atoms with Gasteiger partial charge in [-0.1, -0.05) is 29.3 Å². The Labute approximate surface area is 167 Å². The summed E-state index contributed by atoms with van der Waals surface area (Å²) in [6.07, 6.45) is 0.560. The first-order valence-corrected chi connectivity index (χ1v) is 9.52. The Hall–Kier alpha value is -1.54. The molecule has 0 radical (unpaired) electrons. The van der Waals surface area contributed by atoms with E-state index in [9.17, 15) is 9.59 Å². The molecule has 9 heteroatoms. The van der Waals surface area contributed by atoms with Gasteiger partial charge in [-0.25, -0.2) is 4.79 Å². The maximum Gasteiger partial charge on any atom is 0.404 e. The van der Waals surface area contributed by atoms with E-state index in [1.807, 2.05) is 0 Å². The number of rotatable bonds is 4. The number of hydrogen-bond donors (Lipinski definition) is 2. The quantitative estimate of drug-likeness (QED) is 0.787. The Morgan fingerprint density at radius 1 is 1.30 bits per heavy atom. The number of amides is 2. The van der Waals surface area contributed by atoms with Crippen LogP contribution in [0.3, 0.4) is 0 Å². The zero-order valence-electron chi connectivity index (χ0n) is 14.9. The van der Waals surface area contributed by atoms with E-state index in [0.29, 0.717) is 42.5 Å². The van der Waals surface area contributed by atoms with Gasteiger partial charge >= 0.3 is 6.09 Å². The van der Waals surface area contributed by atoms with Crippen LogP contribution in [0.15, 0.2) is 18.2 Å². The van der Waals surface area contributed by atoms with E-state index in [2.05, 4.69) is 5.32 Å². The van der Waals surface area contributed by atoms with Gasteiger partial charge in [-0.3, -0.25) is 4.79 Å². The summed E-state index contributed by atoms with van der Waals surface area (Å²) in [5.74, 6) is -0.884. The predicted octanol–water partition coefficient (Wildman–Crippen LogP) is 2.93. The zero-order chi connectivity index (χ0) is 19.6. The highest BCUT2D eigenvalue weighted by atomic mass is 35.5. The molecule has 2 amide bonds. The number of carboxylic acid groups (broad SMARTS) is 1. The molecule has 1 aliphatic carbocycles. The number of nitrogens with zero attached hydrogens (tertiary/aromatic N) is 1. The average molecular weight is 417 g/mol. The van der Waals surface area contributed by atoms with Crippen molar-refractivity contribution >= 4 is 35.2 Å². The van der Waals surface area contributed by atoms with Crippen LogP contribution >= 0.6 is 23.2 Å². The lowest BCUT2D eigenvalue weighted by Gasteiger charge is -2.44. The fourth-order valence-corrected chi connectivity index (χ4v) is 4.08. The molecule has 27 heavy (non-hydrogen) atoms. The third-order valence-electron chi connectivity index (χ3n) is 5.17. The van der Waals surface area contributed by atoms with Crippen LogP contribution < -0.4 is 5.32 Å². The van der Waals surface area contributed by atoms with Crippen molar-refractivity contribution in [2.24, 2.45) is 0 Å². The molecule has 0 bridgehead atoms. The van der Waals surface area contributed by atoms with E-state index in [4.69, 9.17) is 37.8 Å². The first-order valence-electron chi connectivity index (χ1n) is 8.77. The lowest BCUT2D eigenvalue weighted by molar-refractivity contribution is -0.193. The summed E-state index contributed by atoms with van der Waals surface area (Å²) in [6.45, 7) is 1.01. The van der Waals surface area contributed by atoms with Crippen LogP contribution in [0.25, 0.3) is 0 Å². The Morgan fingerprint density at radius 2 is 2.00 bits per heavy atom. The van der Waals surface area contributed by atoms with Crippen LogP contribution in [0.1, 0.15) is 24.8 Å². The van der Waals surface area contributed by atoms with Gasteiger partial charge < -0.3 is 24.8 Å². The summed E-state index contributed by atoms with van der Waals surface area (Å²) in [4.78, 5) is 25.6. The van der Waals surface area contributed by atoms with E-state index >= 15 is 0 Å². The first kappa shape index (κ1) is 20.2. The second-order valence-electron chi connectivity index (χ2n) is 6.90. The van der Waals surface area contributed by atoms with Crippen molar-refractivity contribution in [2.75, 3.05) is 20.3 Å².